The lowest BCUT2D eigenvalue weighted by atomic mass is 9.90. The summed E-state index contributed by atoms with van der Waals surface area (Å²) in [5.41, 5.74) is 1.31. The Hall–Kier alpha value is -0.570. The van der Waals surface area contributed by atoms with Gasteiger partial charge in [-0.25, -0.2) is 0 Å². The van der Waals surface area contributed by atoms with Crippen molar-refractivity contribution in [2.24, 2.45) is 5.92 Å². The molecule has 0 fully saturated rings. The first-order chi connectivity index (χ1) is 9.82. The fourth-order valence-electron chi connectivity index (χ4n) is 2.29. The molecule has 0 saturated carbocycles. The van der Waals surface area contributed by atoms with E-state index >= 15 is 0 Å². The average Bonchev–Trinajstić information content (AvgIpc) is 2.44. The number of methoxy groups -OCH3 is 1. The Bertz CT molecular complexity index is 400. The lowest BCUT2D eigenvalue weighted by Crippen LogP contribution is -2.32. The van der Waals surface area contributed by atoms with E-state index in [0.29, 0.717) is 12.0 Å². The molecule has 0 aromatic heterocycles. The fourth-order valence-corrected chi connectivity index (χ4v) is 2.41. The van der Waals surface area contributed by atoms with E-state index in [1.54, 1.807) is 7.11 Å². The fraction of sp³-hybridized carbons (Fsp3) is 0.667. The van der Waals surface area contributed by atoms with Crippen molar-refractivity contribution in [3.63, 3.8) is 0 Å². The van der Waals surface area contributed by atoms with Gasteiger partial charge >= 0.3 is 0 Å². The van der Waals surface area contributed by atoms with Crippen LogP contribution in [0.4, 0.5) is 0 Å². The van der Waals surface area contributed by atoms with Crippen LogP contribution in [0.5, 0.6) is 0 Å². The third-order valence-electron chi connectivity index (χ3n) is 3.96. The number of nitrogens with one attached hydrogen (secondary N) is 1. The molecular formula is C18H30ClNO. The Morgan fingerprint density at radius 1 is 1.19 bits per heavy atom. The van der Waals surface area contributed by atoms with Crippen LogP contribution in [-0.2, 0) is 11.2 Å². The van der Waals surface area contributed by atoms with E-state index in [9.17, 15) is 0 Å². The van der Waals surface area contributed by atoms with Gasteiger partial charge in [-0.1, -0.05) is 37.6 Å². The van der Waals surface area contributed by atoms with E-state index < -0.39 is 0 Å². The van der Waals surface area contributed by atoms with E-state index in [1.165, 1.54) is 5.56 Å². The maximum absolute atomic E-state index is 5.96. The van der Waals surface area contributed by atoms with Crippen LogP contribution in [0.3, 0.4) is 0 Å². The van der Waals surface area contributed by atoms with Gasteiger partial charge < -0.3 is 10.1 Å². The van der Waals surface area contributed by atoms with Crippen LogP contribution in [0.1, 0.15) is 46.1 Å². The molecule has 0 aliphatic heterocycles. The Morgan fingerprint density at radius 2 is 1.81 bits per heavy atom. The predicted octanol–water partition coefficient (Wildman–Crippen LogP) is 4.70. The van der Waals surface area contributed by atoms with Gasteiger partial charge in [0.15, 0.2) is 0 Å². The number of hydrogen-bond acceptors (Lipinski definition) is 2. The second-order valence-corrected chi connectivity index (χ2v) is 7.20. The Balaban J connectivity index is 2.60. The molecule has 0 radical (unpaired) electrons. The highest BCUT2D eigenvalue weighted by atomic mass is 35.5. The monoisotopic (exact) mass is 311 g/mol. The van der Waals surface area contributed by atoms with Gasteiger partial charge in [0, 0.05) is 18.2 Å². The average molecular weight is 312 g/mol. The minimum Gasteiger partial charge on any atom is -0.379 e. The van der Waals surface area contributed by atoms with Crippen LogP contribution < -0.4 is 5.32 Å². The third-order valence-corrected chi connectivity index (χ3v) is 4.21. The molecule has 1 unspecified atom stereocenters. The predicted molar refractivity (Wildman–Crippen MR) is 92.1 cm³/mol. The summed E-state index contributed by atoms with van der Waals surface area (Å²) in [6.45, 7) is 9.74. The van der Waals surface area contributed by atoms with Crippen LogP contribution in [-0.4, -0.2) is 25.3 Å². The van der Waals surface area contributed by atoms with Crippen molar-refractivity contribution in [2.45, 2.75) is 58.6 Å². The van der Waals surface area contributed by atoms with E-state index in [4.69, 9.17) is 16.3 Å². The number of halogens is 1. The van der Waals surface area contributed by atoms with E-state index in [0.717, 1.165) is 30.8 Å². The van der Waals surface area contributed by atoms with Crippen molar-refractivity contribution in [3.05, 3.63) is 34.9 Å². The Kier molecular flexibility index (Phi) is 7.72. The van der Waals surface area contributed by atoms with Gasteiger partial charge in [0.25, 0.3) is 0 Å². The maximum atomic E-state index is 5.96. The van der Waals surface area contributed by atoms with Gasteiger partial charge in [0.1, 0.15) is 0 Å². The summed E-state index contributed by atoms with van der Waals surface area (Å²) in [6.07, 6.45) is 3.31. The molecule has 1 N–H and O–H groups in total. The smallest absolute Gasteiger partial charge is 0.0622 e. The first kappa shape index (κ1) is 18.5. The van der Waals surface area contributed by atoms with Crippen LogP contribution in [0.25, 0.3) is 0 Å². The van der Waals surface area contributed by atoms with Crippen LogP contribution in [0, 0.1) is 5.92 Å². The second-order valence-electron chi connectivity index (χ2n) is 6.76. The van der Waals surface area contributed by atoms with E-state index in [-0.39, 0.29) is 5.60 Å². The minimum absolute atomic E-state index is 0.0456. The molecule has 0 amide bonds. The van der Waals surface area contributed by atoms with Crippen LogP contribution in [0.15, 0.2) is 24.3 Å². The molecule has 0 spiro atoms. The molecule has 21 heavy (non-hydrogen) atoms. The number of benzene rings is 1. The summed E-state index contributed by atoms with van der Waals surface area (Å²) in [6, 6.07) is 8.73. The van der Waals surface area contributed by atoms with Crippen LogP contribution >= 0.6 is 11.6 Å². The highest BCUT2D eigenvalue weighted by molar-refractivity contribution is 6.30. The molecule has 0 bridgehead atoms. The maximum Gasteiger partial charge on any atom is 0.0622 e. The second kappa shape index (κ2) is 8.77. The molecule has 120 valence electrons. The molecular weight excluding hydrogens is 282 g/mol. The molecule has 1 aromatic rings. The van der Waals surface area contributed by atoms with Gasteiger partial charge in [-0.05, 0) is 63.3 Å². The third kappa shape index (κ3) is 7.85. The highest BCUT2D eigenvalue weighted by Gasteiger charge is 2.19. The minimum atomic E-state index is -0.0456. The van der Waals surface area contributed by atoms with Crippen molar-refractivity contribution in [3.8, 4) is 0 Å². The molecule has 3 heteroatoms. The zero-order chi connectivity index (χ0) is 15.9. The number of hydrogen-bond donors (Lipinski definition) is 1. The first-order valence-electron chi connectivity index (χ1n) is 7.85. The molecule has 1 atom stereocenters. The summed E-state index contributed by atoms with van der Waals surface area (Å²) in [5, 5.41) is 4.37. The standard InChI is InChI=1S/C18H30ClNO/c1-14(2)20-13-16(10-11-18(3,4)21-5)12-15-6-8-17(19)9-7-15/h6-9,14,16,20H,10-13H2,1-5H3. The summed E-state index contributed by atoms with van der Waals surface area (Å²) < 4.78 is 5.54. The highest BCUT2D eigenvalue weighted by Crippen LogP contribution is 2.22. The van der Waals surface area contributed by atoms with Gasteiger partial charge in [0.2, 0.25) is 0 Å². The summed E-state index contributed by atoms with van der Waals surface area (Å²) in [7, 11) is 1.79. The molecule has 1 aromatic carbocycles. The van der Waals surface area contributed by atoms with Gasteiger partial charge in [-0.2, -0.15) is 0 Å². The van der Waals surface area contributed by atoms with Gasteiger partial charge in [0.05, 0.1) is 5.60 Å². The quantitative estimate of drug-likeness (QED) is 0.713. The zero-order valence-electron chi connectivity index (χ0n) is 14.1. The van der Waals surface area contributed by atoms with Crippen molar-refractivity contribution in [1.29, 1.82) is 0 Å². The van der Waals surface area contributed by atoms with Crippen molar-refractivity contribution < 1.29 is 4.74 Å². The summed E-state index contributed by atoms with van der Waals surface area (Å²) in [4.78, 5) is 0. The SMILES string of the molecule is COC(C)(C)CCC(CNC(C)C)Cc1ccc(Cl)cc1. The molecule has 0 aliphatic carbocycles. The molecule has 0 heterocycles. The Morgan fingerprint density at radius 3 is 2.33 bits per heavy atom. The first-order valence-corrected chi connectivity index (χ1v) is 8.23. The van der Waals surface area contributed by atoms with E-state index in [1.807, 2.05) is 12.1 Å². The summed E-state index contributed by atoms with van der Waals surface area (Å²) in [5.74, 6) is 0.614. The Labute approximate surface area is 135 Å². The lowest BCUT2D eigenvalue weighted by Gasteiger charge is -2.26. The molecule has 2 nitrogen and oxygen atoms in total. The van der Waals surface area contributed by atoms with Crippen LogP contribution in [0.2, 0.25) is 5.02 Å². The largest absolute Gasteiger partial charge is 0.379 e. The molecule has 0 saturated heterocycles. The molecule has 1 rings (SSSR count). The van der Waals surface area contributed by atoms with Gasteiger partial charge in [-0.3, -0.25) is 0 Å². The van der Waals surface area contributed by atoms with Crippen molar-refractivity contribution in [2.75, 3.05) is 13.7 Å². The van der Waals surface area contributed by atoms with Crippen molar-refractivity contribution >= 4 is 11.6 Å². The molecule has 0 aliphatic rings. The topological polar surface area (TPSA) is 21.3 Å². The number of rotatable bonds is 9. The summed E-state index contributed by atoms with van der Waals surface area (Å²) >= 11 is 5.96. The zero-order valence-corrected chi connectivity index (χ0v) is 14.8. The van der Waals surface area contributed by atoms with Gasteiger partial charge in [-0.15, -0.1) is 0 Å². The normalized spacial score (nSPS) is 13.7. The van der Waals surface area contributed by atoms with Crippen molar-refractivity contribution in [1.82, 2.24) is 5.32 Å². The van der Waals surface area contributed by atoms with E-state index in [2.05, 4.69) is 45.1 Å². The number of ether oxygens (including phenoxy) is 1. The lowest BCUT2D eigenvalue weighted by molar-refractivity contribution is 0.0103.